The zero-order chi connectivity index (χ0) is 10.8. The van der Waals surface area contributed by atoms with Crippen LogP contribution < -0.4 is 0 Å². The lowest BCUT2D eigenvalue weighted by molar-refractivity contribution is 0.603. The molecule has 0 atom stereocenters. The molecule has 0 aliphatic heterocycles. The Balaban J connectivity index is 2.58. The Morgan fingerprint density at radius 3 is 2.60 bits per heavy atom. The van der Waals surface area contributed by atoms with Gasteiger partial charge in [-0.2, -0.15) is 0 Å². The van der Waals surface area contributed by atoms with Gasteiger partial charge in [-0.1, -0.05) is 23.7 Å². The Morgan fingerprint density at radius 1 is 1.07 bits per heavy atom. The van der Waals surface area contributed by atoms with E-state index in [0.29, 0.717) is 10.6 Å². The Morgan fingerprint density at radius 2 is 1.87 bits per heavy atom. The van der Waals surface area contributed by atoms with Gasteiger partial charge >= 0.3 is 0 Å². The van der Waals surface area contributed by atoms with Crippen LogP contribution >= 0.6 is 11.6 Å². The number of benzene rings is 2. The first-order valence-corrected chi connectivity index (χ1v) is 4.67. The van der Waals surface area contributed by atoms with Crippen LogP contribution in [0, 0.1) is 17.7 Å². The highest BCUT2D eigenvalue weighted by Crippen LogP contribution is 2.25. The zero-order valence-electron chi connectivity index (χ0n) is 7.60. The van der Waals surface area contributed by atoms with E-state index < -0.39 is 11.6 Å². The predicted octanol–water partition coefficient (Wildman–Crippen LogP) is 4.09. The number of halogens is 3. The molecule has 2 aromatic rings. The fourth-order valence-corrected chi connectivity index (χ4v) is 1.50. The van der Waals surface area contributed by atoms with Crippen molar-refractivity contribution in [2.24, 2.45) is 0 Å². The molecule has 1 radical (unpaired) electrons. The molecule has 0 nitrogen and oxygen atoms in total. The fourth-order valence-electron chi connectivity index (χ4n) is 1.32. The van der Waals surface area contributed by atoms with Crippen LogP contribution in [0.25, 0.3) is 11.1 Å². The van der Waals surface area contributed by atoms with E-state index in [1.54, 1.807) is 18.2 Å². The molecule has 2 aromatic carbocycles. The van der Waals surface area contributed by atoms with Crippen molar-refractivity contribution >= 4 is 11.6 Å². The molecule has 75 valence electrons. The molecule has 0 aliphatic rings. The standard InChI is InChI=1S/C12H6ClF2/c13-9-3-1-2-8(6-9)11-7-10(14)4-5-12(11)15/h1-2,4-7H. The van der Waals surface area contributed by atoms with Gasteiger partial charge in [-0.3, -0.25) is 0 Å². The lowest BCUT2D eigenvalue weighted by Gasteiger charge is -2.03. The lowest BCUT2D eigenvalue weighted by atomic mass is 10.1. The molecule has 3 heteroatoms. The van der Waals surface area contributed by atoms with Gasteiger partial charge in [0.2, 0.25) is 0 Å². The van der Waals surface area contributed by atoms with Crippen LogP contribution in [0.3, 0.4) is 0 Å². The molecule has 0 aromatic heterocycles. The van der Waals surface area contributed by atoms with Crippen molar-refractivity contribution in [2.45, 2.75) is 0 Å². The third kappa shape index (κ3) is 2.16. The molecule has 2 rings (SSSR count). The maximum absolute atomic E-state index is 13.4. The van der Waals surface area contributed by atoms with Gasteiger partial charge in [-0.05, 0) is 29.8 Å². The topological polar surface area (TPSA) is 0 Å². The quantitative estimate of drug-likeness (QED) is 0.683. The molecule has 0 aliphatic carbocycles. The minimum absolute atomic E-state index is 0.200. The highest BCUT2D eigenvalue weighted by Gasteiger charge is 2.06. The zero-order valence-corrected chi connectivity index (χ0v) is 8.35. The molecule has 0 fully saturated rings. The maximum Gasteiger partial charge on any atom is 0.131 e. The molecular weight excluding hydrogens is 218 g/mol. The summed E-state index contributed by atoms with van der Waals surface area (Å²) in [6, 6.07) is 10.8. The van der Waals surface area contributed by atoms with E-state index in [1.807, 2.05) is 0 Å². The summed E-state index contributed by atoms with van der Waals surface area (Å²) >= 11 is 5.72. The molecule has 0 amide bonds. The van der Waals surface area contributed by atoms with Crippen molar-refractivity contribution in [2.75, 3.05) is 0 Å². The fraction of sp³-hybridized carbons (Fsp3) is 0. The van der Waals surface area contributed by atoms with Crippen molar-refractivity contribution in [1.29, 1.82) is 0 Å². The van der Waals surface area contributed by atoms with Crippen LogP contribution in [0.2, 0.25) is 5.02 Å². The van der Waals surface area contributed by atoms with Gasteiger partial charge in [0.05, 0.1) is 0 Å². The highest BCUT2D eigenvalue weighted by molar-refractivity contribution is 6.30. The van der Waals surface area contributed by atoms with E-state index in [4.69, 9.17) is 11.6 Å². The van der Waals surface area contributed by atoms with Gasteiger partial charge in [0.15, 0.2) is 0 Å². The first-order valence-electron chi connectivity index (χ1n) is 4.29. The molecule has 0 saturated carbocycles. The second-order valence-electron chi connectivity index (χ2n) is 3.05. The first kappa shape index (κ1) is 10.1. The van der Waals surface area contributed by atoms with Gasteiger partial charge in [0, 0.05) is 16.7 Å². The minimum Gasteiger partial charge on any atom is -0.207 e. The van der Waals surface area contributed by atoms with Gasteiger partial charge in [0.25, 0.3) is 0 Å². The van der Waals surface area contributed by atoms with E-state index in [2.05, 4.69) is 6.07 Å². The monoisotopic (exact) mass is 223 g/mol. The summed E-state index contributed by atoms with van der Waals surface area (Å²) in [6.45, 7) is 0. The normalized spacial score (nSPS) is 10.3. The largest absolute Gasteiger partial charge is 0.207 e. The Bertz CT molecular complexity index is 495. The molecular formula is C12H6ClF2. The second-order valence-corrected chi connectivity index (χ2v) is 3.46. The number of rotatable bonds is 1. The second kappa shape index (κ2) is 3.99. The van der Waals surface area contributed by atoms with E-state index in [0.717, 1.165) is 18.2 Å². The van der Waals surface area contributed by atoms with E-state index in [-0.39, 0.29) is 5.56 Å². The van der Waals surface area contributed by atoms with Gasteiger partial charge in [0.1, 0.15) is 11.6 Å². The SMILES string of the molecule is Fc1ccc(F)c(-c2cc[c]c(Cl)c2)c1. The van der Waals surface area contributed by atoms with Crippen LogP contribution in [-0.2, 0) is 0 Å². The number of hydrogen-bond donors (Lipinski definition) is 0. The van der Waals surface area contributed by atoms with Crippen LogP contribution in [0.5, 0.6) is 0 Å². The first-order chi connectivity index (χ1) is 7.16. The summed E-state index contributed by atoms with van der Waals surface area (Å²) in [5, 5.41) is 0.371. The van der Waals surface area contributed by atoms with Gasteiger partial charge < -0.3 is 0 Å². The summed E-state index contributed by atoms with van der Waals surface area (Å²) < 4.78 is 26.3. The summed E-state index contributed by atoms with van der Waals surface area (Å²) in [7, 11) is 0. The summed E-state index contributed by atoms with van der Waals surface area (Å²) in [5.74, 6) is -0.950. The average molecular weight is 224 g/mol. The van der Waals surface area contributed by atoms with E-state index in [1.165, 1.54) is 0 Å². The van der Waals surface area contributed by atoms with Crippen LogP contribution in [-0.4, -0.2) is 0 Å². The molecule has 0 bridgehead atoms. The van der Waals surface area contributed by atoms with Crippen molar-refractivity contribution in [3.63, 3.8) is 0 Å². The summed E-state index contributed by atoms with van der Waals surface area (Å²) in [4.78, 5) is 0. The maximum atomic E-state index is 13.4. The van der Waals surface area contributed by atoms with Crippen molar-refractivity contribution in [3.8, 4) is 11.1 Å². The third-order valence-corrected chi connectivity index (χ3v) is 2.22. The Hall–Kier alpha value is -1.41. The van der Waals surface area contributed by atoms with E-state index >= 15 is 0 Å². The highest BCUT2D eigenvalue weighted by atomic mass is 35.5. The van der Waals surface area contributed by atoms with Crippen LogP contribution in [0.1, 0.15) is 0 Å². The van der Waals surface area contributed by atoms with E-state index in [9.17, 15) is 8.78 Å². The van der Waals surface area contributed by atoms with Gasteiger partial charge in [-0.15, -0.1) is 0 Å². The molecule has 0 unspecified atom stereocenters. The van der Waals surface area contributed by atoms with Crippen molar-refractivity contribution in [1.82, 2.24) is 0 Å². The molecule has 15 heavy (non-hydrogen) atoms. The molecule has 0 saturated heterocycles. The summed E-state index contributed by atoms with van der Waals surface area (Å²) in [5.41, 5.74) is 0.738. The van der Waals surface area contributed by atoms with Crippen molar-refractivity contribution < 1.29 is 8.78 Å². The minimum atomic E-state index is -0.477. The molecule has 0 N–H and O–H groups in total. The van der Waals surface area contributed by atoms with Crippen LogP contribution in [0.15, 0.2) is 36.4 Å². The predicted molar refractivity (Wildman–Crippen MR) is 55.6 cm³/mol. The number of hydrogen-bond acceptors (Lipinski definition) is 0. The average Bonchev–Trinajstić information content (AvgIpc) is 2.22. The van der Waals surface area contributed by atoms with Crippen molar-refractivity contribution in [3.05, 3.63) is 59.1 Å². The van der Waals surface area contributed by atoms with Crippen LogP contribution in [0.4, 0.5) is 8.78 Å². The Labute approximate surface area is 91.1 Å². The lowest BCUT2D eigenvalue weighted by Crippen LogP contribution is -1.86. The third-order valence-electron chi connectivity index (χ3n) is 2.01. The molecule has 0 heterocycles. The molecule has 0 spiro atoms. The Kier molecular flexibility index (Phi) is 2.69. The van der Waals surface area contributed by atoms with Gasteiger partial charge in [-0.25, -0.2) is 8.78 Å². The summed E-state index contributed by atoms with van der Waals surface area (Å²) in [6.07, 6.45) is 0. The smallest absolute Gasteiger partial charge is 0.131 e.